The first-order valence-electron chi connectivity index (χ1n) is 11.4. The number of hydrogen-bond acceptors (Lipinski definition) is 4. The monoisotopic (exact) mass is 445 g/mol. The molecule has 2 heterocycles. The first-order chi connectivity index (χ1) is 15.9. The van der Waals surface area contributed by atoms with Crippen molar-refractivity contribution in [1.82, 2.24) is 9.97 Å². The number of rotatable bonds is 7. The molecule has 1 amide bonds. The van der Waals surface area contributed by atoms with Gasteiger partial charge in [0.25, 0.3) is 0 Å². The second-order valence-corrected chi connectivity index (χ2v) is 9.23. The normalized spacial score (nSPS) is 13.6. The maximum atomic E-state index is 12.9. The molecule has 0 radical (unpaired) electrons. The Bertz CT molecular complexity index is 1110. The zero-order chi connectivity index (χ0) is 23.3. The van der Waals surface area contributed by atoms with Crippen LogP contribution in [0.25, 0.3) is 5.57 Å². The van der Waals surface area contributed by atoms with Gasteiger partial charge in [0.2, 0.25) is 5.91 Å². The number of carbonyl (C=O) groups excluding carboxylic acids is 1. The molecule has 0 aliphatic carbocycles. The summed E-state index contributed by atoms with van der Waals surface area (Å²) in [7, 11) is 0. The van der Waals surface area contributed by atoms with Gasteiger partial charge < -0.3 is 19.8 Å². The summed E-state index contributed by atoms with van der Waals surface area (Å²) < 4.78 is 11.2. The molecule has 1 aromatic heterocycles. The summed E-state index contributed by atoms with van der Waals surface area (Å²) in [5, 5.41) is 2.96. The fourth-order valence-electron chi connectivity index (χ4n) is 3.82. The molecule has 0 spiro atoms. The molecule has 0 saturated heterocycles. The van der Waals surface area contributed by atoms with E-state index in [2.05, 4.69) is 60.3 Å². The number of benzene rings is 2. The van der Waals surface area contributed by atoms with Crippen LogP contribution in [0, 0.1) is 0 Å². The van der Waals surface area contributed by atoms with Gasteiger partial charge in [-0.15, -0.1) is 0 Å². The maximum Gasteiger partial charge on any atom is 0.248 e. The van der Waals surface area contributed by atoms with Crippen molar-refractivity contribution < 1.29 is 14.3 Å². The number of ether oxygens (including phenoxy) is 2. The largest absolute Gasteiger partial charge is 0.486 e. The van der Waals surface area contributed by atoms with Gasteiger partial charge in [-0.1, -0.05) is 45.0 Å². The smallest absolute Gasteiger partial charge is 0.248 e. The van der Waals surface area contributed by atoms with Crippen LogP contribution in [0.3, 0.4) is 0 Å². The van der Waals surface area contributed by atoms with Crippen LogP contribution in [-0.4, -0.2) is 29.1 Å². The zero-order valence-electron chi connectivity index (χ0n) is 19.5. The van der Waals surface area contributed by atoms with Crippen molar-refractivity contribution in [2.45, 2.75) is 45.4 Å². The van der Waals surface area contributed by atoms with Crippen LogP contribution in [0.1, 0.15) is 50.6 Å². The van der Waals surface area contributed by atoms with Gasteiger partial charge in [-0.2, -0.15) is 0 Å². The summed E-state index contributed by atoms with van der Waals surface area (Å²) in [5.74, 6) is 2.14. The number of aromatic nitrogens is 2. The Hall–Kier alpha value is -3.54. The Balaban J connectivity index is 1.51. The first-order valence-corrected chi connectivity index (χ1v) is 11.4. The van der Waals surface area contributed by atoms with Crippen molar-refractivity contribution in [2.24, 2.45) is 0 Å². The Morgan fingerprint density at radius 1 is 1.09 bits per heavy atom. The van der Waals surface area contributed by atoms with E-state index in [1.165, 1.54) is 5.56 Å². The third-order valence-corrected chi connectivity index (χ3v) is 5.65. The summed E-state index contributed by atoms with van der Waals surface area (Å²) in [6.07, 6.45) is 7.78. The van der Waals surface area contributed by atoms with Gasteiger partial charge >= 0.3 is 0 Å². The lowest BCUT2D eigenvalue weighted by atomic mass is 9.86. The van der Waals surface area contributed by atoms with E-state index in [9.17, 15) is 4.79 Å². The van der Waals surface area contributed by atoms with Crippen molar-refractivity contribution in [3.05, 3.63) is 77.9 Å². The van der Waals surface area contributed by atoms with Crippen LogP contribution in [0.2, 0.25) is 0 Å². The lowest BCUT2D eigenvalue weighted by Crippen LogP contribution is -2.16. The lowest BCUT2D eigenvalue weighted by molar-refractivity contribution is -0.111. The molecule has 6 heteroatoms. The first kappa shape index (κ1) is 22.6. The Morgan fingerprint density at radius 3 is 2.55 bits per heavy atom. The van der Waals surface area contributed by atoms with Gasteiger partial charge in [0.1, 0.15) is 19.0 Å². The molecule has 0 bridgehead atoms. The van der Waals surface area contributed by atoms with E-state index in [-0.39, 0.29) is 11.3 Å². The second-order valence-electron chi connectivity index (χ2n) is 9.23. The summed E-state index contributed by atoms with van der Waals surface area (Å²) in [6, 6.07) is 14.0. The highest BCUT2D eigenvalue weighted by atomic mass is 16.6. The van der Waals surface area contributed by atoms with Crippen molar-refractivity contribution in [3.63, 3.8) is 0 Å². The number of aromatic amines is 1. The average Bonchev–Trinajstić information content (AvgIpc) is 3.31. The van der Waals surface area contributed by atoms with E-state index in [0.717, 1.165) is 36.2 Å². The Labute approximate surface area is 195 Å². The van der Waals surface area contributed by atoms with Crippen LogP contribution in [0.4, 0.5) is 5.69 Å². The number of imidazole rings is 1. The van der Waals surface area contributed by atoms with Gasteiger partial charge in [-0.25, -0.2) is 4.98 Å². The third-order valence-electron chi connectivity index (χ3n) is 5.65. The number of aryl methyl sites for hydroxylation is 1. The van der Waals surface area contributed by atoms with Crippen molar-refractivity contribution >= 4 is 17.2 Å². The fraction of sp³-hybridized carbons (Fsp3) is 0.333. The van der Waals surface area contributed by atoms with E-state index in [0.29, 0.717) is 30.4 Å². The standard InChI is InChI=1S/C27H31N3O3/c1-27(2,3)21-9-7-19(8-10-21)20(5-4-6-25-28-13-14-29-25)17-26(31)30-22-11-12-23-24(18-22)33-16-15-32-23/h7-14,17-18H,4-6,15-16H2,1-3H3,(H,28,29)(H,30,31). The fourth-order valence-corrected chi connectivity index (χ4v) is 3.82. The number of nitrogens with zero attached hydrogens (tertiary/aromatic N) is 1. The molecule has 0 atom stereocenters. The van der Waals surface area contributed by atoms with Gasteiger partial charge in [0.15, 0.2) is 11.5 Å². The summed E-state index contributed by atoms with van der Waals surface area (Å²) in [4.78, 5) is 20.3. The predicted octanol–water partition coefficient (Wildman–Crippen LogP) is 5.52. The van der Waals surface area contributed by atoms with Gasteiger partial charge in [0, 0.05) is 36.6 Å². The highest BCUT2D eigenvalue weighted by Crippen LogP contribution is 2.33. The molecule has 2 aromatic carbocycles. The molecule has 172 valence electrons. The van der Waals surface area contributed by atoms with Gasteiger partial charge in [0.05, 0.1) is 0 Å². The summed E-state index contributed by atoms with van der Waals surface area (Å²) in [6.45, 7) is 7.64. The topological polar surface area (TPSA) is 76.2 Å². The number of anilines is 1. The van der Waals surface area contributed by atoms with Crippen LogP contribution >= 0.6 is 0 Å². The molecule has 1 aliphatic rings. The predicted molar refractivity (Wildman–Crippen MR) is 131 cm³/mol. The molecular weight excluding hydrogens is 414 g/mol. The summed E-state index contributed by atoms with van der Waals surface area (Å²) >= 11 is 0. The minimum Gasteiger partial charge on any atom is -0.486 e. The van der Waals surface area contributed by atoms with Crippen LogP contribution in [0.5, 0.6) is 11.5 Å². The van der Waals surface area contributed by atoms with Crippen molar-refractivity contribution in [1.29, 1.82) is 0 Å². The molecule has 0 saturated carbocycles. The van der Waals surface area contributed by atoms with Crippen LogP contribution < -0.4 is 14.8 Å². The number of amides is 1. The Morgan fingerprint density at radius 2 is 1.85 bits per heavy atom. The number of hydrogen-bond donors (Lipinski definition) is 2. The lowest BCUT2D eigenvalue weighted by Gasteiger charge is -2.20. The van der Waals surface area contributed by atoms with Crippen molar-refractivity contribution in [3.8, 4) is 11.5 Å². The molecular formula is C27H31N3O3. The highest BCUT2D eigenvalue weighted by molar-refractivity contribution is 6.04. The zero-order valence-corrected chi connectivity index (χ0v) is 19.5. The van der Waals surface area contributed by atoms with Crippen molar-refractivity contribution in [2.75, 3.05) is 18.5 Å². The van der Waals surface area contributed by atoms with E-state index in [1.807, 2.05) is 18.3 Å². The van der Waals surface area contributed by atoms with Crippen LogP contribution in [-0.2, 0) is 16.6 Å². The van der Waals surface area contributed by atoms with Gasteiger partial charge in [-0.05, 0) is 47.1 Å². The highest BCUT2D eigenvalue weighted by Gasteiger charge is 2.15. The van der Waals surface area contributed by atoms with Crippen LogP contribution in [0.15, 0.2) is 60.9 Å². The number of nitrogens with one attached hydrogen (secondary N) is 2. The molecule has 3 aromatic rings. The maximum absolute atomic E-state index is 12.9. The minimum atomic E-state index is -0.167. The molecule has 6 nitrogen and oxygen atoms in total. The number of fused-ring (bicyclic) bond motifs is 1. The van der Waals surface area contributed by atoms with E-state index >= 15 is 0 Å². The second kappa shape index (κ2) is 9.94. The average molecular weight is 446 g/mol. The van der Waals surface area contributed by atoms with Gasteiger partial charge in [-0.3, -0.25) is 4.79 Å². The molecule has 1 aliphatic heterocycles. The van der Waals surface area contributed by atoms with E-state index in [4.69, 9.17) is 9.47 Å². The molecule has 2 N–H and O–H groups in total. The number of carbonyl (C=O) groups is 1. The molecule has 4 rings (SSSR count). The molecule has 33 heavy (non-hydrogen) atoms. The SMILES string of the molecule is CC(C)(C)c1ccc(C(=CC(=O)Nc2ccc3c(c2)OCCO3)CCCc2ncc[nH]2)cc1. The third kappa shape index (κ3) is 6.04. The Kier molecular flexibility index (Phi) is 6.82. The van der Waals surface area contributed by atoms with E-state index < -0.39 is 0 Å². The number of allylic oxidation sites excluding steroid dienone is 1. The number of H-pyrrole nitrogens is 1. The summed E-state index contributed by atoms with van der Waals surface area (Å²) in [5.41, 5.74) is 4.08. The quantitative estimate of drug-likeness (QED) is 0.469. The van der Waals surface area contributed by atoms with E-state index in [1.54, 1.807) is 18.3 Å². The molecule has 0 unspecified atom stereocenters. The minimum absolute atomic E-state index is 0.0807. The molecule has 0 fully saturated rings.